The van der Waals surface area contributed by atoms with Gasteiger partial charge in [-0.05, 0) is 36.5 Å². The number of benzene rings is 1. The average Bonchev–Trinajstić information content (AvgIpc) is 2.40. The van der Waals surface area contributed by atoms with Gasteiger partial charge in [0, 0.05) is 32.2 Å². The second kappa shape index (κ2) is 9.62. The zero-order valence-electron chi connectivity index (χ0n) is 13.1. The van der Waals surface area contributed by atoms with Gasteiger partial charge in [-0.1, -0.05) is 26.0 Å². The molecular weight excluding hydrogens is 310 g/mol. The molecule has 122 valence electrons. The first-order valence-corrected chi connectivity index (χ1v) is 7.29. The van der Waals surface area contributed by atoms with Crippen LogP contribution in [0.2, 0.25) is 0 Å². The smallest absolute Gasteiger partial charge is 0.126 e. The van der Waals surface area contributed by atoms with Crippen LogP contribution in [0, 0.1) is 18.7 Å². The predicted molar refractivity (Wildman–Crippen MR) is 92.3 cm³/mol. The molecular formula is C16H27Cl2FN2. The molecule has 1 saturated heterocycles. The van der Waals surface area contributed by atoms with Crippen LogP contribution in [-0.4, -0.2) is 31.1 Å². The molecule has 0 unspecified atom stereocenters. The molecule has 1 aromatic rings. The van der Waals surface area contributed by atoms with Crippen molar-refractivity contribution in [3.8, 4) is 0 Å². The lowest BCUT2D eigenvalue weighted by atomic mass is 9.92. The lowest BCUT2D eigenvalue weighted by molar-refractivity contribution is 0.153. The average molecular weight is 337 g/mol. The SMILES string of the molecule is Cc1c(F)cccc1[C@@H](CC(C)C)N1CCNCC1.Cl.Cl. The molecule has 1 fully saturated rings. The van der Waals surface area contributed by atoms with E-state index in [2.05, 4.69) is 30.1 Å². The Labute approximate surface area is 140 Å². The van der Waals surface area contributed by atoms with Crippen LogP contribution in [0.3, 0.4) is 0 Å². The van der Waals surface area contributed by atoms with Gasteiger partial charge < -0.3 is 5.32 Å². The molecule has 1 aliphatic rings. The van der Waals surface area contributed by atoms with E-state index >= 15 is 0 Å². The van der Waals surface area contributed by atoms with E-state index in [-0.39, 0.29) is 30.6 Å². The molecule has 2 nitrogen and oxygen atoms in total. The normalized spacial score (nSPS) is 17.0. The van der Waals surface area contributed by atoms with Gasteiger partial charge in [-0.2, -0.15) is 0 Å². The molecule has 0 radical (unpaired) electrons. The van der Waals surface area contributed by atoms with Gasteiger partial charge in [-0.3, -0.25) is 4.90 Å². The van der Waals surface area contributed by atoms with Crippen LogP contribution in [0.25, 0.3) is 0 Å². The third-order valence-electron chi connectivity index (χ3n) is 3.96. The number of hydrogen-bond acceptors (Lipinski definition) is 2. The molecule has 0 spiro atoms. The van der Waals surface area contributed by atoms with Gasteiger partial charge in [-0.25, -0.2) is 4.39 Å². The molecule has 1 aliphatic heterocycles. The lowest BCUT2D eigenvalue weighted by Gasteiger charge is -2.37. The molecule has 0 aromatic heterocycles. The van der Waals surface area contributed by atoms with E-state index in [4.69, 9.17) is 0 Å². The fraction of sp³-hybridized carbons (Fsp3) is 0.625. The van der Waals surface area contributed by atoms with Crippen molar-refractivity contribution in [1.82, 2.24) is 10.2 Å². The van der Waals surface area contributed by atoms with Crippen LogP contribution >= 0.6 is 24.8 Å². The van der Waals surface area contributed by atoms with Crippen molar-refractivity contribution < 1.29 is 4.39 Å². The van der Waals surface area contributed by atoms with Gasteiger partial charge >= 0.3 is 0 Å². The van der Waals surface area contributed by atoms with Gasteiger partial charge in [0.1, 0.15) is 5.82 Å². The van der Waals surface area contributed by atoms with Crippen molar-refractivity contribution in [3.05, 3.63) is 35.1 Å². The van der Waals surface area contributed by atoms with Crippen LogP contribution in [0.1, 0.15) is 37.4 Å². The van der Waals surface area contributed by atoms with Crippen LogP contribution in [-0.2, 0) is 0 Å². The Morgan fingerprint density at radius 2 is 1.81 bits per heavy atom. The van der Waals surface area contributed by atoms with E-state index in [0.29, 0.717) is 12.0 Å². The minimum atomic E-state index is -0.0820. The Balaban J connectivity index is 0.00000200. The maximum Gasteiger partial charge on any atom is 0.126 e. The topological polar surface area (TPSA) is 15.3 Å². The van der Waals surface area contributed by atoms with Gasteiger partial charge in [0.2, 0.25) is 0 Å². The number of nitrogens with one attached hydrogen (secondary N) is 1. The summed E-state index contributed by atoms with van der Waals surface area (Å²) in [5, 5.41) is 3.38. The van der Waals surface area contributed by atoms with E-state index < -0.39 is 0 Å². The summed E-state index contributed by atoms with van der Waals surface area (Å²) in [4.78, 5) is 2.50. The van der Waals surface area contributed by atoms with E-state index in [1.165, 1.54) is 0 Å². The zero-order valence-corrected chi connectivity index (χ0v) is 14.7. The number of nitrogens with zero attached hydrogens (tertiary/aromatic N) is 1. The van der Waals surface area contributed by atoms with E-state index in [1.807, 2.05) is 13.0 Å². The third-order valence-corrected chi connectivity index (χ3v) is 3.96. The third kappa shape index (κ3) is 5.41. The summed E-state index contributed by atoms with van der Waals surface area (Å²) >= 11 is 0. The predicted octanol–water partition coefficient (Wildman–Crippen LogP) is 3.97. The molecule has 5 heteroatoms. The molecule has 0 saturated carbocycles. The first-order valence-electron chi connectivity index (χ1n) is 7.29. The highest BCUT2D eigenvalue weighted by Gasteiger charge is 2.24. The Bertz CT molecular complexity index is 421. The quantitative estimate of drug-likeness (QED) is 0.894. The van der Waals surface area contributed by atoms with Gasteiger partial charge in [-0.15, -0.1) is 24.8 Å². The maximum absolute atomic E-state index is 13.8. The van der Waals surface area contributed by atoms with Crippen LogP contribution in [0.4, 0.5) is 4.39 Å². The number of piperazine rings is 1. The fourth-order valence-corrected chi connectivity index (χ4v) is 2.90. The molecule has 1 heterocycles. The highest BCUT2D eigenvalue weighted by molar-refractivity contribution is 5.85. The van der Waals surface area contributed by atoms with Crippen molar-refractivity contribution in [1.29, 1.82) is 0 Å². The van der Waals surface area contributed by atoms with E-state index in [0.717, 1.165) is 43.7 Å². The second-order valence-electron chi connectivity index (χ2n) is 5.89. The lowest BCUT2D eigenvalue weighted by Crippen LogP contribution is -2.45. The van der Waals surface area contributed by atoms with Crippen LogP contribution in [0.5, 0.6) is 0 Å². The summed E-state index contributed by atoms with van der Waals surface area (Å²) in [6, 6.07) is 5.83. The summed E-state index contributed by atoms with van der Waals surface area (Å²) in [6.07, 6.45) is 1.09. The minimum absolute atomic E-state index is 0. The fourth-order valence-electron chi connectivity index (χ4n) is 2.90. The molecule has 21 heavy (non-hydrogen) atoms. The first-order chi connectivity index (χ1) is 9.09. The maximum atomic E-state index is 13.8. The first kappa shape index (κ1) is 20.6. The summed E-state index contributed by atoms with van der Waals surface area (Å²) in [5.41, 5.74) is 1.97. The van der Waals surface area contributed by atoms with Crippen molar-refractivity contribution in [2.75, 3.05) is 26.2 Å². The Morgan fingerprint density at radius 3 is 2.38 bits per heavy atom. The van der Waals surface area contributed by atoms with Crippen molar-refractivity contribution in [2.24, 2.45) is 5.92 Å². The standard InChI is InChI=1S/C16H25FN2.2ClH/c1-12(2)11-16(19-9-7-18-8-10-19)14-5-4-6-15(17)13(14)3;;/h4-6,12,16,18H,7-11H2,1-3H3;2*1H/t16-;;/m1../s1. The molecule has 0 bridgehead atoms. The van der Waals surface area contributed by atoms with Crippen LogP contribution in [0.15, 0.2) is 18.2 Å². The summed E-state index contributed by atoms with van der Waals surface area (Å²) < 4.78 is 13.8. The number of halogens is 3. The van der Waals surface area contributed by atoms with Crippen molar-refractivity contribution >= 4 is 24.8 Å². The summed E-state index contributed by atoms with van der Waals surface area (Å²) in [7, 11) is 0. The van der Waals surface area contributed by atoms with Gasteiger partial charge in [0.25, 0.3) is 0 Å². The number of hydrogen-bond donors (Lipinski definition) is 1. The Morgan fingerprint density at radius 1 is 1.19 bits per heavy atom. The van der Waals surface area contributed by atoms with E-state index in [9.17, 15) is 4.39 Å². The van der Waals surface area contributed by atoms with Gasteiger partial charge in [0.05, 0.1) is 0 Å². The number of rotatable bonds is 4. The Kier molecular flexibility index (Phi) is 9.46. The Hall–Kier alpha value is -0.350. The van der Waals surface area contributed by atoms with Crippen molar-refractivity contribution in [2.45, 2.75) is 33.2 Å². The van der Waals surface area contributed by atoms with Crippen LogP contribution < -0.4 is 5.32 Å². The molecule has 2 rings (SSSR count). The molecule has 1 aromatic carbocycles. The molecule has 1 atom stereocenters. The highest BCUT2D eigenvalue weighted by Crippen LogP contribution is 2.31. The monoisotopic (exact) mass is 336 g/mol. The molecule has 1 N–H and O–H groups in total. The molecule has 0 amide bonds. The molecule has 0 aliphatic carbocycles. The highest BCUT2D eigenvalue weighted by atomic mass is 35.5. The summed E-state index contributed by atoms with van der Waals surface area (Å²) in [6.45, 7) is 10.5. The second-order valence-corrected chi connectivity index (χ2v) is 5.89. The minimum Gasteiger partial charge on any atom is -0.314 e. The zero-order chi connectivity index (χ0) is 13.8. The summed E-state index contributed by atoms with van der Waals surface area (Å²) in [5.74, 6) is 0.531. The van der Waals surface area contributed by atoms with Gasteiger partial charge in [0.15, 0.2) is 0 Å². The largest absolute Gasteiger partial charge is 0.314 e. The van der Waals surface area contributed by atoms with Crippen molar-refractivity contribution in [3.63, 3.8) is 0 Å². The van der Waals surface area contributed by atoms with E-state index in [1.54, 1.807) is 6.07 Å².